The van der Waals surface area contributed by atoms with Gasteiger partial charge in [-0.05, 0) is 40.0 Å². The monoisotopic (exact) mass is 249 g/mol. The van der Waals surface area contributed by atoms with E-state index in [0.717, 1.165) is 17.1 Å². The third-order valence-corrected chi connectivity index (χ3v) is 3.48. The van der Waals surface area contributed by atoms with E-state index in [1.165, 1.54) is 0 Å². The first kappa shape index (κ1) is 13.4. The molecule has 0 saturated heterocycles. The van der Waals surface area contributed by atoms with Gasteiger partial charge in [-0.3, -0.25) is 4.55 Å². The average Bonchev–Trinajstić information content (AvgIpc) is 2.81. The Labute approximate surface area is 98.6 Å². The highest BCUT2D eigenvalue weighted by atomic mass is 32.2. The quantitative estimate of drug-likeness (QED) is 0.779. The molecule has 0 aromatic carbocycles. The molecule has 0 aromatic rings. The van der Waals surface area contributed by atoms with Gasteiger partial charge in [0.1, 0.15) is 5.60 Å². The van der Waals surface area contributed by atoms with E-state index >= 15 is 0 Å². The van der Waals surface area contributed by atoms with Crippen molar-refractivity contribution in [2.45, 2.75) is 58.1 Å². The molecule has 1 aliphatic rings. The maximum Gasteiger partial charge on any atom is 0.424 e. The largest absolute Gasteiger partial charge is 0.443 e. The molecule has 16 heavy (non-hydrogen) atoms. The number of ether oxygens (including phenoxy) is 1. The molecule has 1 saturated carbocycles. The van der Waals surface area contributed by atoms with Gasteiger partial charge in [-0.25, -0.2) is 9.00 Å². The lowest BCUT2D eigenvalue weighted by Gasteiger charge is -2.29. The van der Waals surface area contributed by atoms with Crippen LogP contribution in [0.25, 0.3) is 0 Å². The van der Waals surface area contributed by atoms with Gasteiger partial charge in [-0.2, -0.15) is 4.31 Å². The molecule has 5 nitrogen and oxygen atoms in total. The number of carbonyl (C=O) groups excluding carboxylic acids is 1. The minimum Gasteiger partial charge on any atom is -0.443 e. The van der Waals surface area contributed by atoms with Crippen molar-refractivity contribution in [2.75, 3.05) is 0 Å². The molecule has 1 rings (SSSR count). The molecule has 1 aliphatic carbocycles. The first-order valence-electron chi connectivity index (χ1n) is 5.36. The molecule has 1 N–H and O–H groups in total. The number of carbonyl (C=O) groups is 1. The number of amides is 1. The highest BCUT2D eigenvalue weighted by Gasteiger charge is 2.52. The lowest BCUT2D eigenvalue weighted by Crippen LogP contribution is -2.45. The van der Waals surface area contributed by atoms with E-state index in [1.807, 2.05) is 6.92 Å². The zero-order valence-electron chi connectivity index (χ0n) is 10.1. The SMILES string of the molecule is CCC1(N(C(=O)OC(C)(C)C)S(=O)O)CC1. The molecule has 0 aliphatic heterocycles. The Kier molecular flexibility index (Phi) is 3.64. The molecule has 0 heterocycles. The molecule has 0 aromatic heterocycles. The Morgan fingerprint density at radius 1 is 1.50 bits per heavy atom. The lowest BCUT2D eigenvalue weighted by molar-refractivity contribution is 0.0314. The molecule has 6 heteroatoms. The summed E-state index contributed by atoms with van der Waals surface area (Å²) < 4.78 is 26.5. The van der Waals surface area contributed by atoms with Crippen molar-refractivity contribution in [1.29, 1.82) is 0 Å². The molecule has 0 radical (unpaired) electrons. The summed E-state index contributed by atoms with van der Waals surface area (Å²) >= 11 is -2.32. The van der Waals surface area contributed by atoms with E-state index in [-0.39, 0.29) is 0 Å². The summed E-state index contributed by atoms with van der Waals surface area (Å²) in [6.07, 6.45) is 1.47. The third-order valence-electron chi connectivity index (χ3n) is 2.63. The van der Waals surface area contributed by atoms with Gasteiger partial charge >= 0.3 is 6.09 Å². The Morgan fingerprint density at radius 2 is 2.00 bits per heavy atom. The molecule has 1 fully saturated rings. The van der Waals surface area contributed by atoms with Crippen molar-refractivity contribution in [3.05, 3.63) is 0 Å². The Balaban J connectivity index is 2.80. The van der Waals surface area contributed by atoms with Crippen LogP contribution in [0.3, 0.4) is 0 Å². The van der Waals surface area contributed by atoms with Crippen molar-refractivity contribution >= 4 is 17.4 Å². The zero-order chi connectivity index (χ0) is 12.6. The van der Waals surface area contributed by atoms with E-state index in [4.69, 9.17) is 4.74 Å². The van der Waals surface area contributed by atoms with Gasteiger partial charge in [0.15, 0.2) is 0 Å². The third kappa shape index (κ3) is 2.95. The highest BCUT2D eigenvalue weighted by molar-refractivity contribution is 7.77. The number of nitrogens with zero attached hydrogens (tertiary/aromatic N) is 1. The van der Waals surface area contributed by atoms with Gasteiger partial charge in [-0.15, -0.1) is 0 Å². The Bertz CT molecular complexity index is 306. The molecule has 1 unspecified atom stereocenters. The predicted molar refractivity (Wildman–Crippen MR) is 61.1 cm³/mol. The van der Waals surface area contributed by atoms with E-state index in [2.05, 4.69) is 0 Å². The fraction of sp³-hybridized carbons (Fsp3) is 0.900. The highest BCUT2D eigenvalue weighted by Crippen LogP contribution is 2.45. The van der Waals surface area contributed by atoms with E-state index in [0.29, 0.717) is 6.42 Å². The molecular formula is C10H19NO4S. The standard InChI is InChI=1S/C10H19NO4S/c1-5-10(6-7-10)11(16(13)14)8(12)15-9(2,3)4/h5-7H2,1-4H3,(H,13,14). The fourth-order valence-corrected chi connectivity index (χ4v) is 2.38. The fourth-order valence-electron chi connectivity index (χ4n) is 1.57. The van der Waals surface area contributed by atoms with Crippen molar-refractivity contribution in [1.82, 2.24) is 4.31 Å². The van der Waals surface area contributed by atoms with Crippen LogP contribution in [-0.2, 0) is 16.0 Å². The molecular weight excluding hydrogens is 230 g/mol. The molecule has 1 amide bonds. The van der Waals surface area contributed by atoms with Gasteiger partial charge < -0.3 is 4.74 Å². The van der Waals surface area contributed by atoms with Gasteiger partial charge in [0.2, 0.25) is 0 Å². The second kappa shape index (κ2) is 4.33. The summed E-state index contributed by atoms with van der Waals surface area (Å²) in [6, 6.07) is 0. The summed E-state index contributed by atoms with van der Waals surface area (Å²) in [5, 5.41) is 0. The van der Waals surface area contributed by atoms with Crippen LogP contribution >= 0.6 is 0 Å². The summed E-state index contributed by atoms with van der Waals surface area (Å²) in [5.74, 6) is 0. The van der Waals surface area contributed by atoms with Crippen LogP contribution in [0.4, 0.5) is 4.79 Å². The number of rotatable bonds is 3. The number of hydrogen-bond donors (Lipinski definition) is 1. The lowest BCUT2D eigenvalue weighted by atomic mass is 10.2. The normalized spacial score (nSPS) is 20.1. The average molecular weight is 249 g/mol. The van der Waals surface area contributed by atoms with E-state index in [9.17, 15) is 13.6 Å². The van der Waals surface area contributed by atoms with Crippen LogP contribution in [-0.4, -0.2) is 30.3 Å². The first-order chi connectivity index (χ1) is 7.22. The van der Waals surface area contributed by atoms with Gasteiger partial charge in [-0.1, -0.05) is 6.92 Å². The first-order valence-corrected chi connectivity index (χ1v) is 6.42. The molecule has 0 spiro atoms. The predicted octanol–water partition coefficient (Wildman–Crippen LogP) is 2.30. The van der Waals surface area contributed by atoms with Crippen LogP contribution in [0, 0.1) is 0 Å². The van der Waals surface area contributed by atoms with Crippen molar-refractivity contribution in [3.63, 3.8) is 0 Å². The van der Waals surface area contributed by atoms with E-state index in [1.54, 1.807) is 20.8 Å². The topological polar surface area (TPSA) is 66.8 Å². The molecule has 0 bridgehead atoms. The maximum absolute atomic E-state index is 11.8. The minimum absolute atomic E-state index is 0.470. The maximum atomic E-state index is 11.8. The van der Waals surface area contributed by atoms with Crippen molar-refractivity contribution < 1.29 is 18.3 Å². The summed E-state index contributed by atoms with van der Waals surface area (Å²) in [7, 11) is 0. The zero-order valence-corrected chi connectivity index (χ0v) is 11.0. The second-order valence-corrected chi connectivity index (χ2v) is 5.91. The van der Waals surface area contributed by atoms with Crippen LogP contribution in [0.15, 0.2) is 0 Å². The minimum atomic E-state index is -2.32. The summed E-state index contributed by atoms with van der Waals surface area (Å²) in [6.45, 7) is 7.09. The number of hydrogen-bond acceptors (Lipinski definition) is 3. The smallest absolute Gasteiger partial charge is 0.424 e. The van der Waals surface area contributed by atoms with Crippen LogP contribution in [0.2, 0.25) is 0 Å². The van der Waals surface area contributed by atoms with E-state index < -0.39 is 28.5 Å². The Morgan fingerprint density at radius 3 is 2.25 bits per heavy atom. The summed E-state index contributed by atoms with van der Waals surface area (Å²) in [5.41, 5.74) is -1.12. The van der Waals surface area contributed by atoms with Gasteiger partial charge in [0, 0.05) is 0 Å². The van der Waals surface area contributed by atoms with Crippen molar-refractivity contribution in [3.8, 4) is 0 Å². The second-order valence-electron chi connectivity index (χ2n) is 5.08. The van der Waals surface area contributed by atoms with Crippen molar-refractivity contribution in [2.24, 2.45) is 0 Å². The molecule has 94 valence electrons. The van der Waals surface area contributed by atoms with Crippen LogP contribution in [0.1, 0.15) is 47.0 Å². The van der Waals surface area contributed by atoms with Crippen LogP contribution < -0.4 is 0 Å². The Hall–Kier alpha value is -0.620. The molecule has 1 atom stereocenters. The summed E-state index contributed by atoms with van der Waals surface area (Å²) in [4.78, 5) is 11.8. The van der Waals surface area contributed by atoms with Gasteiger partial charge in [0.05, 0.1) is 5.54 Å². The van der Waals surface area contributed by atoms with Crippen LogP contribution in [0.5, 0.6) is 0 Å². The van der Waals surface area contributed by atoms with Gasteiger partial charge in [0.25, 0.3) is 11.3 Å².